The Bertz CT molecular complexity index is 1490. The zero-order valence-electron chi connectivity index (χ0n) is 17.4. The van der Waals surface area contributed by atoms with Gasteiger partial charge in [-0.05, 0) is 50.2 Å². The molecule has 0 aliphatic heterocycles. The largest absolute Gasteiger partial charge is 0.386 e. The summed E-state index contributed by atoms with van der Waals surface area (Å²) < 4.78 is 28.7. The first-order valence-electron chi connectivity index (χ1n) is 9.65. The van der Waals surface area contributed by atoms with Gasteiger partial charge in [-0.15, -0.1) is 0 Å². The van der Waals surface area contributed by atoms with Gasteiger partial charge in [-0.2, -0.15) is 0 Å². The van der Waals surface area contributed by atoms with Crippen LogP contribution in [0.15, 0.2) is 59.9 Å². The maximum absolute atomic E-state index is 13.3. The quantitative estimate of drug-likeness (QED) is 0.331. The molecule has 170 valence electrons. The van der Waals surface area contributed by atoms with E-state index in [1.54, 1.807) is 12.3 Å². The van der Waals surface area contributed by atoms with Gasteiger partial charge in [0, 0.05) is 40.1 Å². The minimum Gasteiger partial charge on any atom is -0.386 e. The fraction of sp³-hybridized carbons (Fsp3) is 0.136. The molecule has 0 radical (unpaired) electrons. The van der Waals surface area contributed by atoms with E-state index in [1.807, 2.05) is 0 Å². The summed E-state index contributed by atoms with van der Waals surface area (Å²) in [6, 6.07) is 8.48. The number of anilines is 1. The van der Waals surface area contributed by atoms with Crippen molar-refractivity contribution in [2.75, 3.05) is 4.72 Å². The zero-order valence-corrected chi connectivity index (χ0v) is 19.8. The van der Waals surface area contributed by atoms with E-state index in [2.05, 4.69) is 19.7 Å². The van der Waals surface area contributed by atoms with Gasteiger partial charge in [-0.3, -0.25) is 9.52 Å². The standard InChI is InChI=1S/C22H18Cl2N4O4S/c1-22(2,30)16-10-13(3-4-17(16)24)33(31,32)28-18-9-12(23)11-27-19(18)20(29)14-5-7-25-21-15(14)6-8-26-21/h3-11,28,30H,1-2H3,(H,25,26). The average Bonchev–Trinajstić information content (AvgIpc) is 3.21. The number of nitrogens with one attached hydrogen (secondary N) is 2. The summed E-state index contributed by atoms with van der Waals surface area (Å²) in [5, 5.41) is 11.2. The fourth-order valence-corrected chi connectivity index (χ4v) is 4.92. The number of hydrogen-bond donors (Lipinski definition) is 3. The number of carbonyl (C=O) groups excluding carboxylic acids is 1. The maximum atomic E-state index is 13.3. The van der Waals surface area contributed by atoms with Crippen LogP contribution in [0.4, 0.5) is 5.69 Å². The Balaban J connectivity index is 1.78. The first-order valence-corrected chi connectivity index (χ1v) is 11.9. The first-order chi connectivity index (χ1) is 15.5. The average molecular weight is 505 g/mol. The van der Waals surface area contributed by atoms with Gasteiger partial charge in [0.1, 0.15) is 11.3 Å². The maximum Gasteiger partial charge on any atom is 0.261 e. The Morgan fingerprint density at radius 3 is 2.61 bits per heavy atom. The molecular weight excluding hydrogens is 487 g/mol. The molecule has 0 fully saturated rings. The first kappa shape index (κ1) is 23.2. The van der Waals surface area contributed by atoms with Gasteiger partial charge in [0.2, 0.25) is 5.78 Å². The van der Waals surface area contributed by atoms with Crippen LogP contribution >= 0.6 is 23.2 Å². The number of pyridine rings is 2. The molecule has 8 nitrogen and oxygen atoms in total. The number of aromatic nitrogens is 3. The summed E-state index contributed by atoms with van der Waals surface area (Å²) in [5.74, 6) is -0.510. The lowest BCUT2D eigenvalue weighted by molar-refractivity contribution is 0.0784. The molecule has 0 spiro atoms. The molecule has 0 saturated carbocycles. The van der Waals surface area contributed by atoms with Crippen LogP contribution in [0, 0.1) is 0 Å². The fourth-order valence-electron chi connectivity index (χ4n) is 3.33. The van der Waals surface area contributed by atoms with Crippen molar-refractivity contribution >= 4 is 55.7 Å². The Kier molecular flexibility index (Phi) is 5.92. The van der Waals surface area contributed by atoms with Gasteiger partial charge in [0.25, 0.3) is 10.0 Å². The highest BCUT2D eigenvalue weighted by Crippen LogP contribution is 2.31. The van der Waals surface area contributed by atoms with Crippen LogP contribution in [0.25, 0.3) is 11.0 Å². The minimum atomic E-state index is -4.19. The van der Waals surface area contributed by atoms with Crippen LogP contribution in [0.2, 0.25) is 10.0 Å². The molecule has 3 heterocycles. The topological polar surface area (TPSA) is 125 Å². The molecule has 0 bridgehead atoms. The number of ketones is 1. The van der Waals surface area contributed by atoms with Crippen molar-refractivity contribution < 1.29 is 18.3 Å². The predicted molar refractivity (Wildman–Crippen MR) is 126 cm³/mol. The van der Waals surface area contributed by atoms with E-state index in [4.69, 9.17) is 23.2 Å². The summed E-state index contributed by atoms with van der Waals surface area (Å²) in [4.78, 5) is 24.3. The van der Waals surface area contributed by atoms with Gasteiger partial charge in [-0.25, -0.2) is 18.4 Å². The minimum absolute atomic E-state index is 0.0900. The van der Waals surface area contributed by atoms with Gasteiger partial charge in [0.05, 0.1) is 21.2 Å². The number of nitrogens with zero attached hydrogens (tertiary/aromatic N) is 2. The molecule has 0 atom stereocenters. The van der Waals surface area contributed by atoms with Crippen molar-refractivity contribution in [1.82, 2.24) is 15.0 Å². The van der Waals surface area contributed by atoms with Gasteiger partial charge >= 0.3 is 0 Å². The summed E-state index contributed by atoms with van der Waals surface area (Å²) in [6.07, 6.45) is 4.38. The van der Waals surface area contributed by atoms with Gasteiger partial charge in [0.15, 0.2) is 0 Å². The van der Waals surface area contributed by atoms with E-state index in [1.165, 1.54) is 56.6 Å². The number of rotatable bonds is 6. The van der Waals surface area contributed by atoms with Gasteiger partial charge < -0.3 is 10.1 Å². The molecule has 0 unspecified atom stereocenters. The number of carbonyl (C=O) groups is 1. The molecule has 4 rings (SSSR count). The highest BCUT2D eigenvalue weighted by atomic mass is 35.5. The van der Waals surface area contributed by atoms with Crippen molar-refractivity contribution in [3.8, 4) is 0 Å². The third kappa shape index (κ3) is 4.58. The monoisotopic (exact) mass is 504 g/mol. The molecule has 3 N–H and O–H groups in total. The number of fused-ring (bicyclic) bond motifs is 1. The lowest BCUT2D eigenvalue weighted by Gasteiger charge is -2.20. The van der Waals surface area contributed by atoms with Crippen LogP contribution in [0.1, 0.15) is 35.5 Å². The molecule has 0 amide bonds. The highest BCUT2D eigenvalue weighted by Gasteiger charge is 2.26. The van der Waals surface area contributed by atoms with E-state index >= 15 is 0 Å². The van der Waals surface area contributed by atoms with E-state index in [0.717, 1.165) is 0 Å². The van der Waals surface area contributed by atoms with Crippen molar-refractivity contribution in [2.45, 2.75) is 24.3 Å². The van der Waals surface area contributed by atoms with E-state index in [9.17, 15) is 18.3 Å². The van der Waals surface area contributed by atoms with Crippen LogP contribution < -0.4 is 4.72 Å². The number of sulfonamides is 1. The number of aromatic amines is 1. The summed E-state index contributed by atoms with van der Waals surface area (Å²) in [6.45, 7) is 2.98. The Morgan fingerprint density at radius 2 is 1.88 bits per heavy atom. The van der Waals surface area contributed by atoms with Crippen molar-refractivity contribution in [3.05, 3.63) is 81.9 Å². The van der Waals surface area contributed by atoms with Crippen LogP contribution in [-0.4, -0.2) is 34.3 Å². The highest BCUT2D eigenvalue weighted by molar-refractivity contribution is 7.92. The third-order valence-electron chi connectivity index (χ3n) is 4.93. The second-order valence-electron chi connectivity index (χ2n) is 7.78. The number of hydrogen-bond acceptors (Lipinski definition) is 6. The van der Waals surface area contributed by atoms with Crippen molar-refractivity contribution in [1.29, 1.82) is 0 Å². The van der Waals surface area contributed by atoms with Crippen molar-refractivity contribution in [3.63, 3.8) is 0 Å². The molecule has 3 aromatic heterocycles. The lowest BCUT2D eigenvalue weighted by Crippen LogP contribution is -2.20. The Morgan fingerprint density at radius 1 is 1.12 bits per heavy atom. The third-order valence-corrected chi connectivity index (χ3v) is 6.83. The second kappa shape index (κ2) is 8.42. The van der Waals surface area contributed by atoms with E-state index in [0.29, 0.717) is 16.6 Å². The number of H-pyrrole nitrogens is 1. The molecule has 11 heteroatoms. The predicted octanol–water partition coefficient (Wildman–Crippen LogP) is 4.52. The summed E-state index contributed by atoms with van der Waals surface area (Å²) >= 11 is 12.2. The number of halogens is 2. The van der Waals surface area contributed by atoms with Crippen LogP contribution in [-0.2, 0) is 15.6 Å². The molecule has 0 aliphatic carbocycles. The Hall–Kier alpha value is -2.98. The molecule has 1 aromatic carbocycles. The van der Waals surface area contributed by atoms with Gasteiger partial charge in [-0.1, -0.05) is 23.2 Å². The number of benzene rings is 1. The Labute approximate surface area is 199 Å². The molecule has 4 aromatic rings. The van der Waals surface area contributed by atoms with E-state index in [-0.39, 0.29) is 31.9 Å². The molecule has 33 heavy (non-hydrogen) atoms. The number of aliphatic hydroxyl groups is 1. The molecule has 0 saturated heterocycles. The zero-order chi connectivity index (χ0) is 24.0. The van der Waals surface area contributed by atoms with Crippen LogP contribution in [0.5, 0.6) is 0 Å². The summed E-state index contributed by atoms with van der Waals surface area (Å²) in [7, 11) is -4.19. The molecule has 0 aliphatic rings. The smallest absolute Gasteiger partial charge is 0.261 e. The van der Waals surface area contributed by atoms with E-state index < -0.39 is 21.4 Å². The van der Waals surface area contributed by atoms with Crippen LogP contribution in [0.3, 0.4) is 0 Å². The normalized spacial score (nSPS) is 12.2. The SMILES string of the molecule is CC(C)(O)c1cc(S(=O)(=O)Nc2cc(Cl)cnc2C(=O)c2ccnc3[nH]ccc23)ccc1Cl. The second-order valence-corrected chi connectivity index (χ2v) is 10.3. The van der Waals surface area contributed by atoms with Crippen molar-refractivity contribution in [2.24, 2.45) is 0 Å². The molecular formula is C22H18Cl2N4O4S. The summed E-state index contributed by atoms with van der Waals surface area (Å²) in [5.41, 5.74) is -0.546. The lowest BCUT2D eigenvalue weighted by atomic mass is 9.99.